The molecule has 0 saturated carbocycles. The number of aromatic nitrogens is 3. The zero-order valence-electron chi connectivity index (χ0n) is 13.6. The minimum Gasteiger partial charge on any atom is -0.465 e. The van der Waals surface area contributed by atoms with Gasteiger partial charge in [0.1, 0.15) is 0 Å². The molecule has 3 heterocycles. The van der Waals surface area contributed by atoms with Gasteiger partial charge in [-0.05, 0) is 18.1 Å². The van der Waals surface area contributed by atoms with E-state index in [2.05, 4.69) is 20.1 Å². The number of aryl methyl sites for hydroxylation is 1. The van der Waals surface area contributed by atoms with E-state index in [9.17, 15) is 9.59 Å². The highest BCUT2D eigenvalue weighted by Gasteiger charge is 2.28. The first-order valence-corrected chi connectivity index (χ1v) is 7.64. The van der Waals surface area contributed by atoms with E-state index in [0.29, 0.717) is 30.3 Å². The quantitative estimate of drug-likeness (QED) is 0.864. The maximum Gasteiger partial charge on any atom is 0.339 e. The van der Waals surface area contributed by atoms with E-state index in [1.807, 2.05) is 19.4 Å². The smallest absolute Gasteiger partial charge is 0.339 e. The van der Waals surface area contributed by atoms with Crippen molar-refractivity contribution in [3.63, 3.8) is 0 Å². The van der Waals surface area contributed by atoms with Crippen LogP contribution < -0.4 is 5.32 Å². The zero-order chi connectivity index (χ0) is 17.1. The van der Waals surface area contributed by atoms with Gasteiger partial charge in [-0.15, -0.1) is 0 Å². The second kappa shape index (κ2) is 6.69. The first kappa shape index (κ1) is 16.0. The monoisotopic (exact) mass is 329 g/mol. The van der Waals surface area contributed by atoms with Crippen LogP contribution in [-0.4, -0.2) is 51.9 Å². The van der Waals surface area contributed by atoms with Gasteiger partial charge in [-0.3, -0.25) is 9.67 Å². The molecule has 3 rings (SSSR count). The van der Waals surface area contributed by atoms with Crippen molar-refractivity contribution in [2.45, 2.75) is 12.3 Å². The number of rotatable bonds is 3. The highest BCUT2D eigenvalue weighted by atomic mass is 16.5. The van der Waals surface area contributed by atoms with Gasteiger partial charge in [0.2, 0.25) is 0 Å². The molecule has 1 atom stereocenters. The summed E-state index contributed by atoms with van der Waals surface area (Å²) in [4.78, 5) is 29.6. The number of hydrogen-bond acceptors (Lipinski definition) is 5. The van der Waals surface area contributed by atoms with Crippen molar-refractivity contribution in [3.05, 3.63) is 42.0 Å². The molecule has 0 bridgehead atoms. The van der Waals surface area contributed by atoms with E-state index < -0.39 is 5.97 Å². The SMILES string of the molecule is COC(=O)c1cncc(NC(=O)N2CC[C@@H](c3cnn(C)c3)C2)c1. The lowest BCUT2D eigenvalue weighted by atomic mass is 10.0. The summed E-state index contributed by atoms with van der Waals surface area (Å²) >= 11 is 0. The zero-order valence-corrected chi connectivity index (χ0v) is 13.6. The van der Waals surface area contributed by atoms with E-state index >= 15 is 0 Å². The van der Waals surface area contributed by atoms with Crippen LogP contribution in [-0.2, 0) is 11.8 Å². The van der Waals surface area contributed by atoms with E-state index in [1.165, 1.54) is 19.5 Å². The van der Waals surface area contributed by atoms with Crippen LogP contribution in [0.2, 0.25) is 0 Å². The van der Waals surface area contributed by atoms with Crippen molar-refractivity contribution in [1.82, 2.24) is 19.7 Å². The lowest BCUT2D eigenvalue weighted by Gasteiger charge is -2.17. The number of methoxy groups -OCH3 is 1. The Hall–Kier alpha value is -2.90. The molecular weight excluding hydrogens is 310 g/mol. The Labute approximate surface area is 139 Å². The van der Waals surface area contributed by atoms with E-state index in [1.54, 1.807) is 15.6 Å². The molecule has 1 aliphatic rings. The van der Waals surface area contributed by atoms with Crippen LogP contribution in [0.15, 0.2) is 30.9 Å². The Morgan fingerprint density at radius 1 is 1.33 bits per heavy atom. The second-order valence-corrected chi connectivity index (χ2v) is 5.76. The number of carbonyl (C=O) groups excluding carboxylic acids is 2. The number of pyridine rings is 1. The van der Waals surface area contributed by atoms with Gasteiger partial charge in [0, 0.05) is 38.4 Å². The highest BCUT2D eigenvalue weighted by Crippen LogP contribution is 2.27. The third kappa shape index (κ3) is 3.37. The summed E-state index contributed by atoms with van der Waals surface area (Å²) in [6.45, 7) is 1.32. The first-order valence-electron chi connectivity index (χ1n) is 7.64. The average molecular weight is 329 g/mol. The number of nitrogens with one attached hydrogen (secondary N) is 1. The molecule has 8 heteroatoms. The molecule has 0 aliphatic carbocycles. The number of ether oxygens (including phenoxy) is 1. The summed E-state index contributed by atoms with van der Waals surface area (Å²) in [6, 6.07) is 1.34. The van der Waals surface area contributed by atoms with Gasteiger partial charge in [-0.25, -0.2) is 9.59 Å². The Kier molecular flexibility index (Phi) is 4.45. The van der Waals surface area contributed by atoms with Crippen LogP contribution in [0.3, 0.4) is 0 Å². The third-order valence-electron chi connectivity index (χ3n) is 4.08. The molecule has 126 valence electrons. The molecule has 2 aromatic heterocycles. The molecule has 1 fully saturated rings. The summed E-state index contributed by atoms with van der Waals surface area (Å²) in [5.74, 6) is -0.194. The van der Waals surface area contributed by atoms with Gasteiger partial charge in [-0.1, -0.05) is 0 Å². The molecule has 0 unspecified atom stereocenters. The maximum atomic E-state index is 12.4. The van der Waals surface area contributed by atoms with Gasteiger partial charge >= 0.3 is 12.0 Å². The number of amides is 2. The number of nitrogens with zero attached hydrogens (tertiary/aromatic N) is 4. The second-order valence-electron chi connectivity index (χ2n) is 5.76. The van der Waals surface area contributed by atoms with Crippen LogP contribution in [0, 0.1) is 0 Å². The number of esters is 1. The fraction of sp³-hybridized carbons (Fsp3) is 0.375. The summed E-state index contributed by atoms with van der Waals surface area (Å²) in [7, 11) is 3.18. The fourth-order valence-corrected chi connectivity index (χ4v) is 2.81. The minimum absolute atomic E-state index is 0.204. The lowest BCUT2D eigenvalue weighted by molar-refractivity contribution is 0.0600. The Balaban J connectivity index is 1.63. The molecule has 2 amide bonds. The largest absolute Gasteiger partial charge is 0.465 e. The van der Waals surface area contributed by atoms with E-state index in [4.69, 9.17) is 0 Å². The fourth-order valence-electron chi connectivity index (χ4n) is 2.81. The maximum absolute atomic E-state index is 12.4. The van der Waals surface area contributed by atoms with Gasteiger partial charge in [0.05, 0.1) is 30.8 Å². The number of hydrogen-bond donors (Lipinski definition) is 1. The predicted octanol–water partition coefficient (Wildman–Crippen LogP) is 1.62. The van der Waals surface area contributed by atoms with Crippen molar-refractivity contribution in [1.29, 1.82) is 0 Å². The van der Waals surface area contributed by atoms with Gasteiger partial charge in [0.15, 0.2) is 0 Å². The van der Waals surface area contributed by atoms with E-state index in [-0.39, 0.29) is 6.03 Å². The Morgan fingerprint density at radius 2 is 2.17 bits per heavy atom. The first-order chi connectivity index (χ1) is 11.6. The van der Waals surface area contributed by atoms with Crippen molar-refractivity contribution < 1.29 is 14.3 Å². The molecule has 0 aromatic carbocycles. The number of likely N-dealkylation sites (tertiary alicyclic amines) is 1. The minimum atomic E-state index is -0.489. The molecule has 24 heavy (non-hydrogen) atoms. The molecule has 8 nitrogen and oxygen atoms in total. The number of anilines is 1. The molecule has 0 radical (unpaired) electrons. The summed E-state index contributed by atoms with van der Waals surface area (Å²) in [6.07, 6.45) is 7.62. The van der Waals surface area contributed by atoms with Gasteiger partial charge in [0.25, 0.3) is 0 Å². The molecule has 1 aliphatic heterocycles. The van der Waals surface area contributed by atoms with Crippen molar-refractivity contribution in [3.8, 4) is 0 Å². The standard InChI is InChI=1S/C16H19N5O3/c1-20-9-13(7-18-20)11-3-4-21(10-11)16(23)19-14-5-12(6-17-8-14)15(22)24-2/h5-9,11H,3-4,10H2,1-2H3,(H,19,23)/t11-/m1/s1. The average Bonchev–Trinajstić information content (AvgIpc) is 3.23. The van der Waals surface area contributed by atoms with Crippen LogP contribution in [0.1, 0.15) is 28.3 Å². The lowest BCUT2D eigenvalue weighted by Crippen LogP contribution is -2.32. The third-order valence-corrected chi connectivity index (χ3v) is 4.08. The van der Waals surface area contributed by atoms with Gasteiger partial charge in [-0.2, -0.15) is 5.10 Å². The van der Waals surface area contributed by atoms with Crippen molar-refractivity contribution in [2.24, 2.45) is 7.05 Å². The topological polar surface area (TPSA) is 89.3 Å². The summed E-state index contributed by atoms with van der Waals surface area (Å²) in [5.41, 5.74) is 1.90. The molecule has 2 aromatic rings. The van der Waals surface area contributed by atoms with Crippen molar-refractivity contribution in [2.75, 3.05) is 25.5 Å². The molecular formula is C16H19N5O3. The van der Waals surface area contributed by atoms with Gasteiger partial charge < -0.3 is 15.0 Å². The predicted molar refractivity (Wildman–Crippen MR) is 86.7 cm³/mol. The van der Waals surface area contributed by atoms with Crippen LogP contribution in [0.4, 0.5) is 10.5 Å². The normalized spacial score (nSPS) is 16.9. The van der Waals surface area contributed by atoms with E-state index in [0.717, 1.165) is 12.0 Å². The highest BCUT2D eigenvalue weighted by molar-refractivity contribution is 5.93. The summed E-state index contributed by atoms with van der Waals surface area (Å²) < 4.78 is 6.42. The summed E-state index contributed by atoms with van der Waals surface area (Å²) in [5, 5.41) is 6.95. The molecule has 0 spiro atoms. The van der Waals surface area contributed by atoms with Crippen LogP contribution in [0.5, 0.6) is 0 Å². The van der Waals surface area contributed by atoms with Crippen molar-refractivity contribution >= 4 is 17.7 Å². The molecule has 1 saturated heterocycles. The molecule has 1 N–H and O–H groups in total. The number of urea groups is 1. The van der Waals surface area contributed by atoms with Crippen LogP contribution >= 0.6 is 0 Å². The Bertz CT molecular complexity index is 758. The Morgan fingerprint density at radius 3 is 2.88 bits per heavy atom. The van der Waals surface area contributed by atoms with Crippen LogP contribution in [0.25, 0.3) is 0 Å². The number of carbonyl (C=O) groups is 2.